The summed E-state index contributed by atoms with van der Waals surface area (Å²) in [6, 6.07) is 9.82. The quantitative estimate of drug-likeness (QED) is 0.677. The van der Waals surface area contributed by atoms with Crippen LogP contribution in [0.15, 0.2) is 30.3 Å². The molecule has 0 radical (unpaired) electrons. The fraction of sp³-hybridized carbons (Fsp3) is 0.455. The lowest BCUT2D eigenvalue weighted by molar-refractivity contribution is -0.366. The van der Waals surface area contributed by atoms with Crippen molar-refractivity contribution in [1.82, 2.24) is 0 Å². The highest BCUT2D eigenvalue weighted by atomic mass is 16.9. The van der Waals surface area contributed by atoms with E-state index >= 15 is 0 Å². The van der Waals surface area contributed by atoms with E-state index in [9.17, 15) is 0 Å². The lowest BCUT2D eigenvalue weighted by Crippen LogP contribution is -2.36. The van der Waals surface area contributed by atoms with Gasteiger partial charge in [-0.25, -0.2) is 0 Å². The normalized spacial score (nSPS) is 35.9. The first-order chi connectivity index (χ1) is 6.89. The molecule has 2 aliphatic rings. The highest BCUT2D eigenvalue weighted by Gasteiger charge is 2.47. The van der Waals surface area contributed by atoms with Crippen molar-refractivity contribution in [2.45, 2.75) is 18.5 Å². The van der Waals surface area contributed by atoms with Crippen LogP contribution in [0.4, 0.5) is 0 Å². The molecule has 2 saturated heterocycles. The van der Waals surface area contributed by atoms with Crippen LogP contribution in [0, 0.1) is 0 Å². The standard InChI is InChI=1S/C11H12O3/c1-2-4-9(5-3-1)11-12-7-6-10(14-11)8-13-11/h1-5,10H,6-8H2. The molecule has 14 heavy (non-hydrogen) atoms. The molecule has 3 nitrogen and oxygen atoms in total. The monoisotopic (exact) mass is 192 g/mol. The number of rotatable bonds is 1. The van der Waals surface area contributed by atoms with E-state index in [4.69, 9.17) is 14.2 Å². The van der Waals surface area contributed by atoms with Crippen LogP contribution in [0.3, 0.4) is 0 Å². The summed E-state index contributed by atoms with van der Waals surface area (Å²) >= 11 is 0. The van der Waals surface area contributed by atoms with Crippen LogP contribution >= 0.6 is 0 Å². The molecule has 3 rings (SSSR count). The Labute approximate surface area is 82.6 Å². The second-order valence-corrected chi connectivity index (χ2v) is 3.61. The first-order valence-corrected chi connectivity index (χ1v) is 4.90. The zero-order valence-corrected chi connectivity index (χ0v) is 7.81. The Morgan fingerprint density at radius 3 is 2.86 bits per heavy atom. The van der Waals surface area contributed by atoms with Crippen LogP contribution in [-0.2, 0) is 20.2 Å². The van der Waals surface area contributed by atoms with Gasteiger partial charge in [0.05, 0.1) is 19.3 Å². The molecular weight excluding hydrogens is 180 g/mol. The summed E-state index contributed by atoms with van der Waals surface area (Å²) < 4.78 is 16.9. The highest BCUT2D eigenvalue weighted by Crippen LogP contribution is 2.39. The Balaban J connectivity index is 1.97. The molecule has 0 amide bonds. The summed E-state index contributed by atoms with van der Waals surface area (Å²) in [5.74, 6) is -0.913. The fourth-order valence-corrected chi connectivity index (χ4v) is 1.91. The molecule has 2 heterocycles. The molecule has 2 aliphatic heterocycles. The van der Waals surface area contributed by atoms with Gasteiger partial charge in [0.1, 0.15) is 0 Å². The second-order valence-electron chi connectivity index (χ2n) is 3.61. The molecule has 0 spiro atoms. The maximum absolute atomic E-state index is 5.73. The van der Waals surface area contributed by atoms with Gasteiger partial charge in [-0.05, 0) is 6.42 Å². The summed E-state index contributed by atoms with van der Waals surface area (Å²) in [6.07, 6.45) is 1.12. The lowest BCUT2D eigenvalue weighted by Gasteiger charge is -2.31. The van der Waals surface area contributed by atoms with Gasteiger partial charge in [0.2, 0.25) is 0 Å². The van der Waals surface area contributed by atoms with E-state index in [-0.39, 0.29) is 6.10 Å². The molecule has 3 heteroatoms. The molecule has 2 unspecified atom stereocenters. The third kappa shape index (κ3) is 1.17. The predicted molar refractivity (Wildman–Crippen MR) is 49.5 cm³/mol. The van der Waals surface area contributed by atoms with Gasteiger partial charge in [-0.3, -0.25) is 0 Å². The minimum atomic E-state index is -0.913. The molecule has 74 valence electrons. The van der Waals surface area contributed by atoms with Gasteiger partial charge < -0.3 is 14.2 Å². The number of benzene rings is 1. The topological polar surface area (TPSA) is 27.7 Å². The van der Waals surface area contributed by atoms with Gasteiger partial charge >= 0.3 is 5.97 Å². The number of hydrogen-bond donors (Lipinski definition) is 0. The maximum Gasteiger partial charge on any atom is 0.312 e. The van der Waals surface area contributed by atoms with E-state index in [0.29, 0.717) is 13.2 Å². The van der Waals surface area contributed by atoms with Gasteiger partial charge in [-0.2, -0.15) is 0 Å². The molecule has 2 fully saturated rings. The zero-order chi connectivity index (χ0) is 9.43. The second kappa shape index (κ2) is 3.05. The van der Waals surface area contributed by atoms with Crippen molar-refractivity contribution in [3.8, 4) is 0 Å². The van der Waals surface area contributed by atoms with Gasteiger partial charge in [0, 0.05) is 5.56 Å². The Hall–Kier alpha value is -0.900. The molecule has 2 atom stereocenters. The first-order valence-electron chi connectivity index (χ1n) is 4.90. The van der Waals surface area contributed by atoms with E-state index in [1.165, 1.54) is 0 Å². The SMILES string of the molecule is c1ccc(C23OCCC(CO2)O3)cc1. The molecule has 1 aromatic rings. The Morgan fingerprint density at radius 1 is 1.14 bits per heavy atom. The molecule has 0 saturated carbocycles. The lowest BCUT2D eigenvalue weighted by atomic mass is 10.2. The van der Waals surface area contributed by atoms with E-state index in [1.54, 1.807) is 0 Å². The van der Waals surface area contributed by atoms with E-state index in [1.807, 2.05) is 30.3 Å². The maximum atomic E-state index is 5.73. The average Bonchev–Trinajstić information content (AvgIpc) is 2.57. The number of fused-ring (bicyclic) bond motifs is 2. The van der Waals surface area contributed by atoms with Crippen molar-refractivity contribution in [2.24, 2.45) is 0 Å². The summed E-state index contributed by atoms with van der Waals surface area (Å²) in [4.78, 5) is 0. The van der Waals surface area contributed by atoms with Crippen LogP contribution in [0.25, 0.3) is 0 Å². The molecule has 0 aromatic heterocycles. The van der Waals surface area contributed by atoms with Crippen molar-refractivity contribution in [2.75, 3.05) is 13.2 Å². The van der Waals surface area contributed by atoms with Crippen molar-refractivity contribution in [3.63, 3.8) is 0 Å². The third-order valence-corrected chi connectivity index (χ3v) is 2.64. The van der Waals surface area contributed by atoms with E-state index in [2.05, 4.69) is 0 Å². The molecule has 0 aliphatic carbocycles. The van der Waals surface area contributed by atoms with Crippen LogP contribution in [0.2, 0.25) is 0 Å². The summed E-state index contributed by atoms with van der Waals surface area (Å²) in [7, 11) is 0. The zero-order valence-electron chi connectivity index (χ0n) is 7.81. The van der Waals surface area contributed by atoms with Gasteiger partial charge in [0.25, 0.3) is 0 Å². The van der Waals surface area contributed by atoms with Crippen molar-refractivity contribution >= 4 is 0 Å². The minimum Gasteiger partial charge on any atom is -0.323 e. The van der Waals surface area contributed by atoms with E-state index < -0.39 is 5.97 Å². The Bertz CT molecular complexity index is 321. The Kier molecular flexibility index (Phi) is 1.83. The van der Waals surface area contributed by atoms with Crippen LogP contribution in [0.5, 0.6) is 0 Å². The van der Waals surface area contributed by atoms with Crippen molar-refractivity contribution in [3.05, 3.63) is 35.9 Å². The van der Waals surface area contributed by atoms with Gasteiger partial charge in [-0.1, -0.05) is 30.3 Å². The Morgan fingerprint density at radius 2 is 2.00 bits per heavy atom. The smallest absolute Gasteiger partial charge is 0.312 e. The molecular formula is C11H12O3. The van der Waals surface area contributed by atoms with Gasteiger partial charge in [-0.15, -0.1) is 0 Å². The van der Waals surface area contributed by atoms with Crippen molar-refractivity contribution in [1.29, 1.82) is 0 Å². The number of ether oxygens (including phenoxy) is 3. The molecule has 1 aromatic carbocycles. The van der Waals surface area contributed by atoms with Crippen LogP contribution in [-0.4, -0.2) is 19.3 Å². The third-order valence-electron chi connectivity index (χ3n) is 2.64. The largest absolute Gasteiger partial charge is 0.323 e. The molecule has 0 N–H and O–H groups in total. The predicted octanol–water partition coefficient (Wildman–Crippen LogP) is 1.63. The average molecular weight is 192 g/mol. The summed E-state index contributed by atoms with van der Waals surface area (Å²) in [6.45, 7) is 1.34. The fourth-order valence-electron chi connectivity index (χ4n) is 1.91. The summed E-state index contributed by atoms with van der Waals surface area (Å²) in [5, 5.41) is 0. The first kappa shape index (κ1) is 8.41. The van der Waals surface area contributed by atoms with Crippen LogP contribution in [0.1, 0.15) is 12.0 Å². The van der Waals surface area contributed by atoms with Crippen molar-refractivity contribution < 1.29 is 14.2 Å². The van der Waals surface area contributed by atoms with E-state index in [0.717, 1.165) is 12.0 Å². The van der Waals surface area contributed by atoms with Gasteiger partial charge in [0.15, 0.2) is 0 Å². The highest BCUT2D eigenvalue weighted by molar-refractivity contribution is 5.19. The number of hydrogen-bond acceptors (Lipinski definition) is 3. The summed E-state index contributed by atoms with van der Waals surface area (Å²) in [5.41, 5.74) is 0.946. The van der Waals surface area contributed by atoms with Crippen LogP contribution < -0.4 is 0 Å². The molecule has 2 bridgehead atoms. The minimum absolute atomic E-state index is 0.198.